The first-order valence-electron chi connectivity index (χ1n) is 5.09. The molecule has 0 radical (unpaired) electrons. The molecule has 1 aromatic heterocycles. The average molecular weight is 236 g/mol. The summed E-state index contributed by atoms with van der Waals surface area (Å²) in [5.41, 5.74) is 3.34. The van der Waals surface area contributed by atoms with E-state index < -0.39 is 0 Å². The molecule has 0 bridgehead atoms. The van der Waals surface area contributed by atoms with E-state index in [2.05, 4.69) is 10.3 Å². The molecule has 1 atom stereocenters. The van der Waals surface area contributed by atoms with Crippen LogP contribution in [-0.4, -0.2) is 4.98 Å². The van der Waals surface area contributed by atoms with Gasteiger partial charge in [-0.25, -0.2) is 9.37 Å². The number of benzene rings is 1. The standard InChI is InChI=1S/C12H13FN2S/c1-8-12(16-7-14-8)9(2)15-11-6-4-3-5-10(11)13/h3-7,9,15H,1-2H3. The smallest absolute Gasteiger partial charge is 0.146 e. The van der Waals surface area contributed by atoms with Crippen molar-refractivity contribution >= 4 is 17.0 Å². The van der Waals surface area contributed by atoms with E-state index in [1.54, 1.807) is 23.5 Å². The first kappa shape index (κ1) is 11.1. The molecule has 0 aliphatic carbocycles. The van der Waals surface area contributed by atoms with Crippen LogP contribution in [0.15, 0.2) is 29.8 Å². The Morgan fingerprint density at radius 3 is 2.75 bits per heavy atom. The van der Waals surface area contributed by atoms with Crippen molar-refractivity contribution in [1.29, 1.82) is 0 Å². The number of aromatic nitrogens is 1. The number of anilines is 1. The monoisotopic (exact) mass is 236 g/mol. The van der Waals surface area contributed by atoms with Crippen LogP contribution in [0.2, 0.25) is 0 Å². The maximum absolute atomic E-state index is 13.4. The van der Waals surface area contributed by atoms with Gasteiger partial charge in [-0.3, -0.25) is 0 Å². The fourth-order valence-electron chi connectivity index (χ4n) is 1.60. The number of rotatable bonds is 3. The van der Waals surface area contributed by atoms with Gasteiger partial charge in [0.05, 0.1) is 22.9 Å². The normalized spacial score (nSPS) is 12.4. The molecule has 84 valence electrons. The zero-order chi connectivity index (χ0) is 11.5. The molecule has 0 saturated heterocycles. The van der Waals surface area contributed by atoms with Gasteiger partial charge in [0, 0.05) is 4.88 Å². The Labute approximate surface area is 98.2 Å². The zero-order valence-electron chi connectivity index (χ0n) is 9.20. The summed E-state index contributed by atoms with van der Waals surface area (Å²) < 4.78 is 13.4. The highest BCUT2D eigenvalue weighted by atomic mass is 32.1. The minimum absolute atomic E-state index is 0.0735. The third-order valence-corrected chi connectivity index (χ3v) is 3.54. The highest BCUT2D eigenvalue weighted by Gasteiger charge is 2.12. The van der Waals surface area contributed by atoms with Crippen LogP contribution in [0.5, 0.6) is 0 Å². The van der Waals surface area contributed by atoms with Crippen LogP contribution < -0.4 is 5.32 Å². The van der Waals surface area contributed by atoms with Gasteiger partial charge >= 0.3 is 0 Å². The molecular weight excluding hydrogens is 223 g/mol. The lowest BCUT2D eigenvalue weighted by Gasteiger charge is -2.14. The summed E-state index contributed by atoms with van der Waals surface area (Å²) in [6, 6.07) is 6.77. The highest BCUT2D eigenvalue weighted by molar-refractivity contribution is 7.09. The van der Waals surface area contributed by atoms with E-state index in [1.807, 2.05) is 25.4 Å². The van der Waals surface area contributed by atoms with Crippen molar-refractivity contribution in [3.8, 4) is 0 Å². The predicted molar refractivity (Wildman–Crippen MR) is 65.3 cm³/mol. The van der Waals surface area contributed by atoms with E-state index in [4.69, 9.17) is 0 Å². The second-order valence-electron chi connectivity index (χ2n) is 3.65. The van der Waals surface area contributed by atoms with Crippen molar-refractivity contribution in [2.24, 2.45) is 0 Å². The van der Waals surface area contributed by atoms with Gasteiger partial charge < -0.3 is 5.32 Å². The van der Waals surface area contributed by atoms with Crippen LogP contribution in [-0.2, 0) is 0 Å². The summed E-state index contributed by atoms with van der Waals surface area (Å²) in [4.78, 5) is 5.33. The topological polar surface area (TPSA) is 24.9 Å². The van der Waals surface area contributed by atoms with E-state index in [0.29, 0.717) is 5.69 Å². The molecule has 2 aromatic rings. The quantitative estimate of drug-likeness (QED) is 0.877. The van der Waals surface area contributed by atoms with E-state index >= 15 is 0 Å². The minimum atomic E-state index is -0.225. The maximum atomic E-state index is 13.4. The zero-order valence-corrected chi connectivity index (χ0v) is 10.0. The molecule has 0 spiro atoms. The molecule has 2 rings (SSSR count). The lowest BCUT2D eigenvalue weighted by atomic mass is 10.2. The van der Waals surface area contributed by atoms with Crippen molar-refractivity contribution in [3.63, 3.8) is 0 Å². The van der Waals surface area contributed by atoms with Crippen LogP contribution in [0.25, 0.3) is 0 Å². The van der Waals surface area contributed by atoms with E-state index in [0.717, 1.165) is 10.6 Å². The molecule has 0 amide bonds. The Morgan fingerprint density at radius 1 is 1.38 bits per heavy atom. The van der Waals surface area contributed by atoms with Crippen molar-refractivity contribution in [1.82, 2.24) is 4.98 Å². The Balaban J connectivity index is 2.17. The van der Waals surface area contributed by atoms with E-state index in [9.17, 15) is 4.39 Å². The molecule has 1 heterocycles. The number of nitrogens with zero attached hydrogens (tertiary/aromatic N) is 1. The number of thiazole rings is 1. The van der Waals surface area contributed by atoms with E-state index in [1.165, 1.54) is 6.07 Å². The SMILES string of the molecule is Cc1ncsc1C(C)Nc1ccccc1F. The minimum Gasteiger partial charge on any atom is -0.375 e. The van der Waals surface area contributed by atoms with E-state index in [-0.39, 0.29) is 11.9 Å². The number of aryl methyl sites for hydroxylation is 1. The van der Waals surface area contributed by atoms with Crippen LogP contribution in [0.1, 0.15) is 23.5 Å². The molecule has 1 aromatic carbocycles. The molecule has 0 aliphatic rings. The Kier molecular flexibility index (Phi) is 3.19. The van der Waals surface area contributed by atoms with Crippen molar-refractivity contribution < 1.29 is 4.39 Å². The second kappa shape index (κ2) is 4.61. The lowest BCUT2D eigenvalue weighted by molar-refractivity contribution is 0.627. The van der Waals surface area contributed by atoms with Crippen LogP contribution in [0.4, 0.5) is 10.1 Å². The predicted octanol–water partition coefficient (Wildman–Crippen LogP) is 3.76. The molecule has 0 saturated carbocycles. The fraction of sp³-hybridized carbons (Fsp3) is 0.250. The van der Waals surface area contributed by atoms with Gasteiger partial charge in [-0.2, -0.15) is 0 Å². The van der Waals surface area contributed by atoms with Gasteiger partial charge in [-0.05, 0) is 26.0 Å². The van der Waals surface area contributed by atoms with Crippen molar-refractivity contribution in [2.45, 2.75) is 19.9 Å². The van der Waals surface area contributed by atoms with Crippen molar-refractivity contribution in [2.75, 3.05) is 5.32 Å². The average Bonchev–Trinajstić information content (AvgIpc) is 2.68. The fourth-order valence-corrected chi connectivity index (χ4v) is 2.41. The summed E-state index contributed by atoms with van der Waals surface area (Å²) in [5.74, 6) is -0.225. The molecule has 1 N–H and O–H groups in total. The van der Waals surface area contributed by atoms with Gasteiger partial charge in [0.1, 0.15) is 5.82 Å². The third kappa shape index (κ3) is 2.22. The molecule has 2 nitrogen and oxygen atoms in total. The first-order chi connectivity index (χ1) is 7.68. The van der Waals surface area contributed by atoms with Gasteiger partial charge in [0.2, 0.25) is 0 Å². The number of hydrogen-bond donors (Lipinski definition) is 1. The van der Waals surface area contributed by atoms with Crippen molar-refractivity contribution in [3.05, 3.63) is 46.2 Å². The third-order valence-electron chi connectivity index (χ3n) is 2.42. The molecule has 4 heteroatoms. The highest BCUT2D eigenvalue weighted by Crippen LogP contribution is 2.26. The summed E-state index contributed by atoms with van der Waals surface area (Å²) >= 11 is 1.59. The molecular formula is C12H13FN2S. The number of halogens is 1. The van der Waals surface area contributed by atoms with Crippen LogP contribution in [0, 0.1) is 12.7 Å². The van der Waals surface area contributed by atoms with Gasteiger partial charge in [0.25, 0.3) is 0 Å². The number of para-hydroxylation sites is 1. The number of nitrogens with one attached hydrogen (secondary N) is 1. The van der Waals surface area contributed by atoms with Gasteiger partial charge in [-0.1, -0.05) is 12.1 Å². The lowest BCUT2D eigenvalue weighted by Crippen LogP contribution is -2.07. The first-order valence-corrected chi connectivity index (χ1v) is 5.97. The second-order valence-corrected chi connectivity index (χ2v) is 4.53. The summed E-state index contributed by atoms with van der Waals surface area (Å²) in [6.45, 7) is 3.97. The molecule has 16 heavy (non-hydrogen) atoms. The number of hydrogen-bond acceptors (Lipinski definition) is 3. The van der Waals surface area contributed by atoms with Gasteiger partial charge in [-0.15, -0.1) is 11.3 Å². The summed E-state index contributed by atoms with van der Waals surface area (Å²) in [5, 5.41) is 3.15. The largest absolute Gasteiger partial charge is 0.375 e. The summed E-state index contributed by atoms with van der Waals surface area (Å²) in [7, 11) is 0. The Morgan fingerprint density at radius 2 is 2.12 bits per heavy atom. The van der Waals surface area contributed by atoms with Crippen LogP contribution in [0.3, 0.4) is 0 Å². The van der Waals surface area contributed by atoms with Crippen LogP contribution >= 0.6 is 11.3 Å². The maximum Gasteiger partial charge on any atom is 0.146 e. The van der Waals surface area contributed by atoms with Gasteiger partial charge in [0.15, 0.2) is 0 Å². The molecule has 1 unspecified atom stereocenters. The molecule has 0 fully saturated rings. The molecule has 0 aliphatic heterocycles. The Bertz CT molecular complexity index is 481. The summed E-state index contributed by atoms with van der Waals surface area (Å²) in [6.07, 6.45) is 0. The Hall–Kier alpha value is -1.42.